The van der Waals surface area contributed by atoms with Crippen molar-refractivity contribution in [1.82, 2.24) is 10.2 Å². The molecule has 0 radical (unpaired) electrons. The van der Waals surface area contributed by atoms with E-state index in [4.69, 9.17) is 0 Å². The van der Waals surface area contributed by atoms with Crippen molar-refractivity contribution in [3.8, 4) is 0 Å². The summed E-state index contributed by atoms with van der Waals surface area (Å²) in [6.45, 7) is 6.15. The van der Waals surface area contributed by atoms with Gasteiger partial charge in [-0.2, -0.15) is 0 Å². The zero-order valence-electron chi connectivity index (χ0n) is 11.2. The SMILES string of the molecule is CC(C)(O)C1CNCCC1N1CCC[C@H]1C(=O)O. The number of hydrogen-bond donors (Lipinski definition) is 3. The number of nitrogens with one attached hydrogen (secondary N) is 1. The maximum Gasteiger partial charge on any atom is 0.320 e. The second-order valence-corrected chi connectivity index (χ2v) is 6.05. The average molecular weight is 256 g/mol. The van der Waals surface area contributed by atoms with E-state index in [0.29, 0.717) is 0 Å². The van der Waals surface area contributed by atoms with Gasteiger partial charge < -0.3 is 15.5 Å². The van der Waals surface area contributed by atoms with Crippen molar-refractivity contribution in [2.75, 3.05) is 19.6 Å². The molecule has 2 saturated heterocycles. The molecule has 18 heavy (non-hydrogen) atoms. The van der Waals surface area contributed by atoms with Gasteiger partial charge in [-0.25, -0.2) is 0 Å². The molecule has 2 heterocycles. The highest BCUT2D eigenvalue weighted by Crippen LogP contribution is 2.32. The monoisotopic (exact) mass is 256 g/mol. The minimum Gasteiger partial charge on any atom is -0.480 e. The van der Waals surface area contributed by atoms with Crippen molar-refractivity contribution in [1.29, 1.82) is 0 Å². The molecular formula is C13H24N2O3. The van der Waals surface area contributed by atoms with Crippen molar-refractivity contribution in [3.63, 3.8) is 0 Å². The molecule has 2 unspecified atom stereocenters. The normalized spacial score (nSPS) is 34.7. The van der Waals surface area contributed by atoms with Crippen LogP contribution in [0.4, 0.5) is 0 Å². The molecule has 3 atom stereocenters. The molecule has 5 heteroatoms. The van der Waals surface area contributed by atoms with Crippen molar-refractivity contribution in [2.24, 2.45) is 5.92 Å². The fourth-order valence-corrected chi connectivity index (χ4v) is 3.41. The van der Waals surface area contributed by atoms with Gasteiger partial charge in [0.1, 0.15) is 6.04 Å². The number of piperidine rings is 1. The van der Waals surface area contributed by atoms with E-state index in [-0.39, 0.29) is 18.0 Å². The smallest absolute Gasteiger partial charge is 0.320 e. The number of rotatable bonds is 3. The van der Waals surface area contributed by atoms with Gasteiger partial charge in [-0.15, -0.1) is 0 Å². The molecule has 0 spiro atoms. The molecule has 0 amide bonds. The van der Waals surface area contributed by atoms with Gasteiger partial charge in [0.25, 0.3) is 0 Å². The van der Waals surface area contributed by atoms with Crippen LogP contribution >= 0.6 is 0 Å². The van der Waals surface area contributed by atoms with Crippen LogP contribution in [-0.4, -0.2) is 58.4 Å². The van der Waals surface area contributed by atoms with Crippen LogP contribution in [0.5, 0.6) is 0 Å². The quantitative estimate of drug-likeness (QED) is 0.676. The Bertz CT molecular complexity index is 314. The van der Waals surface area contributed by atoms with E-state index in [1.54, 1.807) is 0 Å². The van der Waals surface area contributed by atoms with Crippen LogP contribution in [0.1, 0.15) is 33.1 Å². The summed E-state index contributed by atoms with van der Waals surface area (Å²) in [6, 6.07) is -0.187. The van der Waals surface area contributed by atoms with E-state index in [1.807, 2.05) is 13.8 Å². The summed E-state index contributed by atoms with van der Waals surface area (Å²) in [7, 11) is 0. The van der Waals surface area contributed by atoms with E-state index in [1.165, 1.54) is 0 Å². The van der Waals surface area contributed by atoms with E-state index < -0.39 is 11.6 Å². The van der Waals surface area contributed by atoms with Gasteiger partial charge in [0.2, 0.25) is 0 Å². The van der Waals surface area contributed by atoms with Crippen LogP contribution in [0.2, 0.25) is 0 Å². The minimum absolute atomic E-state index is 0.0891. The van der Waals surface area contributed by atoms with Crippen molar-refractivity contribution < 1.29 is 15.0 Å². The molecule has 0 aromatic heterocycles. The molecule has 0 aromatic carbocycles. The Hall–Kier alpha value is -0.650. The molecule has 2 aliphatic rings. The zero-order valence-corrected chi connectivity index (χ0v) is 11.2. The third-order valence-electron chi connectivity index (χ3n) is 4.36. The molecule has 2 aliphatic heterocycles. The summed E-state index contributed by atoms with van der Waals surface area (Å²) in [4.78, 5) is 13.4. The van der Waals surface area contributed by atoms with E-state index in [2.05, 4.69) is 10.2 Å². The molecule has 0 saturated carbocycles. The molecule has 0 aliphatic carbocycles. The predicted octanol–water partition coefficient (Wildman–Crippen LogP) is 0.284. The van der Waals surface area contributed by atoms with Gasteiger partial charge in [0.05, 0.1) is 5.60 Å². The van der Waals surface area contributed by atoms with Gasteiger partial charge in [-0.1, -0.05) is 0 Å². The Morgan fingerprint density at radius 2 is 2.11 bits per heavy atom. The van der Waals surface area contributed by atoms with Gasteiger partial charge >= 0.3 is 5.97 Å². The Morgan fingerprint density at radius 3 is 2.72 bits per heavy atom. The number of carboxylic acids is 1. The van der Waals surface area contributed by atoms with Crippen molar-refractivity contribution in [2.45, 2.75) is 50.8 Å². The first-order valence-electron chi connectivity index (χ1n) is 6.83. The van der Waals surface area contributed by atoms with Crippen molar-refractivity contribution in [3.05, 3.63) is 0 Å². The fourth-order valence-electron chi connectivity index (χ4n) is 3.41. The number of carbonyl (C=O) groups is 1. The Labute approximate surface area is 108 Å². The van der Waals surface area contributed by atoms with Crippen LogP contribution in [0.3, 0.4) is 0 Å². The number of nitrogens with zero attached hydrogens (tertiary/aromatic N) is 1. The lowest BCUT2D eigenvalue weighted by molar-refractivity contribution is -0.144. The molecule has 0 bridgehead atoms. The van der Waals surface area contributed by atoms with Crippen LogP contribution in [0.25, 0.3) is 0 Å². The predicted molar refractivity (Wildman–Crippen MR) is 68.4 cm³/mol. The van der Waals surface area contributed by atoms with E-state index in [9.17, 15) is 15.0 Å². The lowest BCUT2D eigenvalue weighted by atomic mass is 9.80. The lowest BCUT2D eigenvalue weighted by Crippen LogP contribution is -2.58. The largest absolute Gasteiger partial charge is 0.480 e. The molecule has 2 rings (SSSR count). The molecule has 5 nitrogen and oxygen atoms in total. The summed E-state index contributed by atoms with van der Waals surface area (Å²) in [6.07, 6.45) is 2.59. The Kier molecular flexibility index (Phi) is 3.94. The summed E-state index contributed by atoms with van der Waals surface area (Å²) < 4.78 is 0. The summed E-state index contributed by atoms with van der Waals surface area (Å²) >= 11 is 0. The average Bonchev–Trinajstić information content (AvgIpc) is 2.76. The standard InChI is InChI=1S/C13H24N2O3/c1-13(2,18)9-8-14-6-5-10(9)15-7-3-4-11(15)12(16)17/h9-11,14,18H,3-8H2,1-2H3,(H,16,17)/t9?,10?,11-/m0/s1. The molecular weight excluding hydrogens is 232 g/mol. The third-order valence-corrected chi connectivity index (χ3v) is 4.36. The number of hydrogen-bond acceptors (Lipinski definition) is 4. The molecule has 2 fully saturated rings. The zero-order chi connectivity index (χ0) is 13.3. The number of carboxylic acid groups (broad SMARTS) is 1. The van der Waals surface area contributed by atoms with Gasteiger partial charge in [-0.3, -0.25) is 9.69 Å². The molecule has 104 valence electrons. The Balaban J connectivity index is 2.16. The molecule has 0 aromatic rings. The highest BCUT2D eigenvalue weighted by atomic mass is 16.4. The first-order valence-corrected chi connectivity index (χ1v) is 6.83. The first-order chi connectivity index (χ1) is 8.41. The topological polar surface area (TPSA) is 72.8 Å². The maximum atomic E-state index is 11.3. The van der Waals surface area contributed by atoms with Crippen molar-refractivity contribution >= 4 is 5.97 Å². The summed E-state index contributed by atoms with van der Waals surface area (Å²) in [5.41, 5.74) is -0.774. The first kappa shape index (κ1) is 13.8. The minimum atomic E-state index is -0.774. The van der Waals surface area contributed by atoms with Crippen LogP contribution in [0, 0.1) is 5.92 Å². The van der Waals surface area contributed by atoms with Gasteiger partial charge in [0.15, 0.2) is 0 Å². The van der Waals surface area contributed by atoms with E-state index in [0.717, 1.165) is 38.9 Å². The second kappa shape index (κ2) is 5.15. The van der Waals surface area contributed by atoms with Crippen LogP contribution in [-0.2, 0) is 4.79 Å². The third kappa shape index (κ3) is 2.68. The Morgan fingerprint density at radius 1 is 1.39 bits per heavy atom. The highest BCUT2D eigenvalue weighted by Gasteiger charge is 2.44. The number of likely N-dealkylation sites (tertiary alicyclic amines) is 1. The summed E-state index contributed by atoms with van der Waals surface area (Å²) in [5, 5.41) is 22.9. The summed E-state index contributed by atoms with van der Waals surface area (Å²) in [5.74, 6) is -0.633. The number of aliphatic hydroxyl groups is 1. The molecule has 3 N–H and O–H groups in total. The van der Waals surface area contributed by atoms with Crippen LogP contribution in [0.15, 0.2) is 0 Å². The lowest BCUT2D eigenvalue weighted by Gasteiger charge is -2.45. The van der Waals surface area contributed by atoms with Gasteiger partial charge in [0, 0.05) is 18.5 Å². The van der Waals surface area contributed by atoms with E-state index >= 15 is 0 Å². The number of aliphatic carboxylic acids is 1. The maximum absolute atomic E-state index is 11.3. The fraction of sp³-hybridized carbons (Fsp3) is 0.923. The van der Waals surface area contributed by atoms with Crippen LogP contribution < -0.4 is 5.32 Å². The highest BCUT2D eigenvalue weighted by molar-refractivity contribution is 5.73. The van der Waals surface area contributed by atoms with Gasteiger partial charge in [-0.05, 0) is 46.2 Å². The second-order valence-electron chi connectivity index (χ2n) is 6.05.